The number of aryl methyl sites for hydroxylation is 1. The first kappa shape index (κ1) is 12.9. The molecule has 0 bridgehead atoms. The molecule has 1 saturated carbocycles. The summed E-state index contributed by atoms with van der Waals surface area (Å²) in [4.78, 5) is 10.7. The lowest BCUT2D eigenvalue weighted by Gasteiger charge is -2.17. The molecule has 0 unspecified atom stereocenters. The van der Waals surface area contributed by atoms with Crippen LogP contribution in [0.4, 0.5) is 0 Å². The van der Waals surface area contributed by atoms with Crippen molar-refractivity contribution in [2.45, 2.75) is 51.6 Å². The molecule has 1 N–H and O–H groups in total. The maximum Gasteiger partial charge on any atom is 0.303 e. The molecule has 0 radical (unpaired) electrons. The van der Waals surface area contributed by atoms with Crippen molar-refractivity contribution in [1.82, 2.24) is 0 Å². The van der Waals surface area contributed by atoms with Crippen molar-refractivity contribution >= 4 is 5.97 Å². The minimum atomic E-state index is -0.759. The third kappa shape index (κ3) is 3.25. The van der Waals surface area contributed by atoms with Crippen LogP contribution in [0.15, 0.2) is 18.2 Å². The fourth-order valence-corrected chi connectivity index (χ4v) is 2.52. The molecule has 0 saturated heterocycles. The summed E-state index contributed by atoms with van der Waals surface area (Å²) >= 11 is 0. The first-order chi connectivity index (χ1) is 8.66. The molecule has 0 amide bonds. The molecule has 1 aromatic rings. The molecule has 1 aliphatic rings. The second kappa shape index (κ2) is 5.89. The van der Waals surface area contributed by atoms with Crippen LogP contribution in [-0.4, -0.2) is 17.2 Å². The summed E-state index contributed by atoms with van der Waals surface area (Å²) in [6, 6.07) is 5.95. The Bertz CT molecular complexity index is 420. The van der Waals surface area contributed by atoms with Crippen LogP contribution in [0.5, 0.6) is 5.75 Å². The zero-order valence-corrected chi connectivity index (χ0v) is 10.8. The monoisotopic (exact) mass is 248 g/mol. The van der Waals surface area contributed by atoms with E-state index in [0.717, 1.165) is 29.7 Å². The highest BCUT2D eigenvalue weighted by Crippen LogP contribution is 2.29. The van der Waals surface area contributed by atoms with Crippen LogP contribution in [0.1, 0.15) is 43.2 Å². The van der Waals surface area contributed by atoms with Crippen molar-refractivity contribution in [2.24, 2.45) is 0 Å². The van der Waals surface area contributed by atoms with Gasteiger partial charge in [-0.05, 0) is 56.2 Å². The third-order valence-corrected chi connectivity index (χ3v) is 3.55. The lowest BCUT2D eigenvalue weighted by Crippen LogP contribution is -2.13. The average molecular weight is 248 g/mol. The molecule has 0 spiro atoms. The van der Waals surface area contributed by atoms with Gasteiger partial charge in [-0.25, -0.2) is 0 Å². The van der Waals surface area contributed by atoms with Crippen molar-refractivity contribution in [1.29, 1.82) is 0 Å². The zero-order chi connectivity index (χ0) is 13.0. The van der Waals surface area contributed by atoms with Crippen molar-refractivity contribution < 1.29 is 14.6 Å². The summed E-state index contributed by atoms with van der Waals surface area (Å²) in [7, 11) is 0. The molecule has 2 rings (SSSR count). The fraction of sp³-hybridized carbons (Fsp3) is 0.533. The van der Waals surface area contributed by atoms with Crippen LogP contribution in [-0.2, 0) is 11.2 Å². The number of benzene rings is 1. The van der Waals surface area contributed by atoms with Gasteiger partial charge >= 0.3 is 5.97 Å². The van der Waals surface area contributed by atoms with Gasteiger partial charge in [0.25, 0.3) is 0 Å². The number of carboxylic acids is 1. The molecule has 0 heterocycles. The van der Waals surface area contributed by atoms with Gasteiger partial charge in [-0.1, -0.05) is 12.1 Å². The van der Waals surface area contributed by atoms with E-state index in [-0.39, 0.29) is 6.42 Å². The van der Waals surface area contributed by atoms with Gasteiger partial charge in [0.05, 0.1) is 6.10 Å². The maximum absolute atomic E-state index is 10.7. The van der Waals surface area contributed by atoms with E-state index in [4.69, 9.17) is 9.84 Å². The standard InChI is InChI=1S/C15H20O3/c1-11-5-4-8-14(13(11)9-10-15(16)17)18-12-6-2-3-7-12/h4-5,8,12H,2-3,6-7,9-10H2,1H3,(H,16,17). The van der Waals surface area contributed by atoms with E-state index in [1.165, 1.54) is 12.8 Å². The number of ether oxygens (including phenoxy) is 1. The predicted molar refractivity (Wildman–Crippen MR) is 70.0 cm³/mol. The Morgan fingerprint density at radius 3 is 2.78 bits per heavy atom. The van der Waals surface area contributed by atoms with Crippen molar-refractivity contribution in [3.63, 3.8) is 0 Å². The van der Waals surface area contributed by atoms with Gasteiger partial charge in [0.1, 0.15) is 5.75 Å². The van der Waals surface area contributed by atoms with E-state index in [1.54, 1.807) is 0 Å². The summed E-state index contributed by atoms with van der Waals surface area (Å²) in [5, 5.41) is 8.80. The Balaban J connectivity index is 2.11. The molecular weight excluding hydrogens is 228 g/mol. The Morgan fingerprint density at radius 2 is 2.11 bits per heavy atom. The molecule has 18 heavy (non-hydrogen) atoms. The first-order valence-corrected chi connectivity index (χ1v) is 6.64. The average Bonchev–Trinajstić information content (AvgIpc) is 2.81. The molecule has 3 heteroatoms. The number of carboxylic acid groups (broad SMARTS) is 1. The van der Waals surface area contributed by atoms with Gasteiger partial charge in [-0.15, -0.1) is 0 Å². The summed E-state index contributed by atoms with van der Waals surface area (Å²) in [5.74, 6) is 0.119. The summed E-state index contributed by atoms with van der Waals surface area (Å²) in [6.45, 7) is 2.01. The molecule has 0 aliphatic heterocycles. The number of rotatable bonds is 5. The maximum atomic E-state index is 10.7. The van der Waals surface area contributed by atoms with Gasteiger partial charge < -0.3 is 9.84 Å². The topological polar surface area (TPSA) is 46.5 Å². The molecular formula is C15H20O3. The van der Waals surface area contributed by atoms with E-state index in [1.807, 2.05) is 25.1 Å². The first-order valence-electron chi connectivity index (χ1n) is 6.64. The smallest absolute Gasteiger partial charge is 0.303 e. The van der Waals surface area contributed by atoms with Crippen LogP contribution < -0.4 is 4.74 Å². The number of carbonyl (C=O) groups is 1. The zero-order valence-electron chi connectivity index (χ0n) is 10.8. The fourth-order valence-electron chi connectivity index (χ4n) is 2.52. The highest BCUT2D eigenvalue weighted by atomic mass is 16.5. The second-order valence-electron chi connectivity index (χ2n) is 4.97. The van der Waals surface area contributed by atoms with Crippen molar-refractivity contribution in [3.8, 4) is 5.75 Å². The van der Waals surface area contributed by atoms with Gasteiger partial charge in [-0.3, -0.25) is 4.79 Å². The third-order valence-electron chi connectivity index (χ3n) is 3.55. The molecule has 3 nitrogen and oxygen atoms in total. The van der Waals surface area contributed by atoms with Crippen LogP contribution >= 0.6 is 0 Å². The second-order valence-corrected chi connectivity index (χ2v) is 4.97. The van der Waals surface area contributed by atoms with E-state index in [0.29, 0.717) is 12.5 Å². The number of aliphatic carboxylic acids is 1. The van der Waals surface area contributed by atoms with Crippen molar-refractivity contribution in [2.75, 3.05) is 0 Å². The Hall–Kier alpha value is -1.51. The molecule has 0 atom stereocenters. The predicted octanol–water partition coefficient (Wildman–Crippen LogP) is 3.33. The summed E-state index contributed by atoms with van der Waals surface area (Å²) in [6.07, 6.45) is 5.73. The van der Waals surface area contributed by atoms with Gasteiger partial charge in [0, 0.05) is 6.42 Å². The van der Waals surface area contributed by atoms with Gasteiger partial charge in [-0.2, -0.15) is 0 Å². The molecule has 1 aromatic carbocycles. The Labute approximate surface area is 108 Å². The quantitative estimate of drug-likeness (QED) is 0.869. The summed E-state index contributed by atoms with van der Waals surface area (Å²) in [5.41, 5.74) is 2.17. The molecule has 98 valence electrons. The van der Waals surface area contributed by atoms with E-state index < -0.39 is 5.97 Å². The molecule has 0 aromatic heterocycles. The highest BCUT2D eigenvalue weighted by molar-refractivity contribution is 5.67. The summed E-state index contributed by atoms with van der Waals surface area (Å²) < 4.78 is 6.03. The van der Waals surface area contributed by atoms with E-state index in [2.05, 4.69) is 0 Å². The van der Waals surface area contributed by atoms with Crippen LogP contribution in [0.25, 0.3) is 0 Å². The number of hydrogen-bond acceptors (Lipinski definition) is 2. The van der Waals surface area contributed by atoms with Crippen molar-refractivity contribution in [3.05, 3.63) is 29.3 Å². The Morgan fingerprint density at radius 1 is 1.39 bits per heavy atom. The SMILES string of the molecule is Cc1cccc(OC2CCCC2)c1CCC(=O)O. The van der Waals surface area contributed by atoms with E-state index in [9.17, 15) is 4.79 Å². The highest BCUT2D eigenvalue weighted by Gasteiger charge is 2.18. The molecule has 1 fully saturated rings. The van der Waals surface area contributed by atoms with Crippen LogP contribution in [0.3, 0.4) is 0 Å². The lowest BCUT2D eigenvalue weighted by molar-refractivity contribution is -0.136. The largest absolute Gasteiger partial charge is 0.490 e. The Kier molecular flexibility index (Phi) is 4.24. The minimum Gasteiger partial charge on any atom is -0.490 e. The number of hydrogen-bond donors (Lipinski definition) is 1. The van der Waals surface area contributed by atoms with Crippen LogP contribution in [0, 0.1) is 6.92 Å². The minimum absolute atomic E-state index is 0.159. The lowest BCUT2D eigenvalue weighted by atomic mass is 10.0. The van der Waals surface area contributed by atoms with Gasteiger partial charge in [0.2, 0.25) is 0 Å². The van der Waals surface area contributed by atoms with E-state index >= 15 is 0 Å². The van der Waals surface area contributed by atoms with Crippen LogP contribution in [0.2, 0.25) is 0 Å². The normalized spacial score (nSPS) is 15.8. The van der Waals surface area contributed by atoms with Gasteiger partial charge in [0.15, 0.2) is 0 Å². The molecule has 1 aliphatic carbocycles.